The molecule has 8 nitrogen and oxygen atoms in total. The van der Waals surface area contributed by atoms with Crippen molar-refractivity contribution in [3.8, 4) is 12.3 Å². The molecule has 0 aliphatic rings. The highest BCUT2D eigenvalue weighted by Crippen LogP contribution is 2.24. The summed E-state index contributed by atoms with van der Waals surface area (Å²) in [5.74, 6) is 1.78. The van der Waals surface area contributed by atoms with Crippen LogP contribution >= 0.6 is 0 Å². The summed E-state index contributed by atoms with van der Waals surface area (Å²) in [5, 5.41) is 15.4. The highest BCUT2D eigenvalue weighted by atomic mass is 16.6. The molecule has 2 unspecified atom stereocenters. The summed E-state index contributed by atoms with van der Waals surface area (Å²) in [6.07, 6.45) is 7.89. The van der Waals surface area contributed by atoms with Gasteiger partial charge in [-0.1, -0.05) is 51.7 Å². The smallest absolute Gasteiger partial charge is 0.408 e. The molecule has 0 heterocycles. The summed E-state index contributed by atoms with van der Waals surface area (Å²) in [5.41, 5.74) is 0.467. The van der Waals surface area contributed by atoms with E-state index in [4.69, 9.17) is 11.2 Å². The Morgan fingerprint density at radius 1 is 1.14 bits per heavy atom. The molecule has 0 aliphatic carbocycles. The van der Waals surface area contributed by atoms with Gasteiger partial charge in [0.15, 0.2) is 0 Å². The predicted molar refractivity (Wildman–Crippen MR) is 141 cm³/mol. The summed E-state index contributed by atoms with van der Waals surface area (Å²) in [6.45, 7) is 11.2. The number of hydrogen-bond donors (Lipinski definition) is 3. The molecule has 0 aromatic heterocycles. The standard InChI is InChI=1S/C28H43N3O5/c1-8-10-11-16-29-25(33)24(22-14-12-21(9-2)13-15-22)31(17-18-32)26(34)23(19-20(3)4)30-27(35)36-28(5,6)7/h2,12-15,20,23-24,32H,8,10-11,16-19H2,1,3-7H3,(H,29,33)(H,30,35). The fourth-order valence-corrected chi connectivity index (χ4v) is 3.73. The number of aliphatic hydroxyl groups excluding tert-OH is 1. The van der Waals surface area contributed by atoms with Crippen LogP contribution in [0.25, 0.3) is 0 Å². The minimum atomic E-state index is -1.01. The number of alkyl carbamates (subject to hydrolysis) is 1. The number of nitrogens with zero attached hydrogens (tertiary/aromatic N) is 1. The topological polar surface area (TPSA) is 108 Å². The van der Waals surface area contributed by atoms with Gasteiger partial charge in [0, 0.05) is 18.7 Å². The molecule has 3 N–H and O–H groups in total. The Morgan fingerprint density at radius 3 is 2.28 bits per heavy atom. The van der Waals surface area contributed by atoms with Crippen LogP contribution in [-0.4, -0.2) is 59.3 Å². The van der Waals surface area contributed by atoms with Gasteiger partial charge in [0.2, 0.25) is 11.8 Å². The summed E-state index contributed by atoms with van der Waals surface area (Å²) in [7, 11) is 0. The molecule has 1 aromatic rings. The van der Waals surface area contributed by atoms with Crippen molar-refractivity contribution in [3.05, 3.63) is 35.4 Å². The van der Waals surface area contributed by atoms with Crippen LogP contribution in [0.4, 0.5) is 4.79 Å². The van der Waals surface area contributed by atoms with Crippen molar-refractivity contribution in [2.24, 2.45) is 5.92 Å². The Labute approximate surface area is 216 Å². The number of unbranched alkanes of at least 4 members (excludes halogenated alkanes) is 2. The van der Waals surface area contributed by atoms with Crippen LogP contribution in [0.2, 0.25) is 0 Å². The number of rotatable bonds is 13. The Hall–Kier alpha value is -3.05. The Kier molecular flexibility index (Phi) is 13.0. The number of benzene rings is 1. The van der Waals surface area contributed by atoms with Gasteiger partial charge < -0.3 is 25.4 Å². The van der Waals surface area contributed by atoms with Gasteiger partial charge >= 0.3 is 6.09 Å². The lowest BCUT2D eigenvalue weighted by atomic mass is 9.98. The van der Waals surface area contributed by atoms with Crippen LogP contribution < -0.4 is 10.6 Å². The third kappa shape index (κ3) is 10.7. The molecule has 0 fully saturated rings. The zero-order valence-corrected chi connectivity index (χ0v) is 22.6. The summed E-state index contributed by atoms with van der Waals surface area (Å²) in [6, 6.07) is 4.89. The second-order valence-corrected chi connectivity index (χ2v) is 10.3. The van der Waals surface area contributed by atoms with Crippen molar-refractivity contribution < 1.29 is 24.2 Å². The van der Waals surface area contributed by atoms with E-state index in [-0.39, 0.29) is 25.0 Å². The van der Waals surface area contributed by atoms with E-state index in [1.165, 1.54) is 4.90 Å². The molecular weight excluding hydrogens is 458 g/mol. The van der Waals surface area contributed by atoms with E-state index in [2.05, 4.69) is 23.5 Å². The Morgan fingerprint density at radius 2 is 1.78 bits per heavy atom. The number of carbonyl (C=O) groups excluding carboxylic acids is 3. The molecular formula is C28H43N3O5. The molecule has 3 amide bonds. The lowest BCUT2D eigenvalue weighted by Gasteiger charge is -2.34. The average Bonchev–Trinajstić information content (AvgIpc) is 2.79. The molecule has 8 heteroatoms. The van der Waals surface area contributed by atoms with Crippen LogP contribution in [0.15, 0.2) is 24.3 Å². The summed E-state index contributed by atoms with van der Waals surface area (Å²) < 4.78 is 5.37. The number of nitrogens with one attached hydrogen (secondary N) is 2. The van der Waals surface area contributed by atoms with E-state index in [9.17, 15) is 19.5 Å². The van der Waals surface area contributed by atoms with Crippen LogP contribution in [0.1, 0.15) is 84.4 Å². The first-order valence-electron chi connectivity index (χ1n) is 12.7. The zero-order chi connectivity index (χ0) is 27.3. The zero-order valence-electron chi connectivity index (χ0n) is 22.6. The predicted octanol–water partition coefficient (Wildman–Crippen LogP) is 3.78. The second kappa shape index (κ2) is 15.1. The Balaban J connectivity index is 3.37. The molecule has 1 rings (SSSR count). The van der Waals surface area contributed by atoms with Crippen molar-refractivity contribution in [2.75, 3.05) is 19.7 Å². The quantitative estimate of drug-likeness (QED) is 0.282. The molecule has 1 aromatic carbocycles. The van der Waals surface area contributed by atoms with Gasteiger partial charge in [-0.25, -0.2) is 4.79 Å². The molecule has 0 radical (unpaired) electrons. The van der Waals surface area contributed by atoms with Crippen molar-refractivity contribution in [1.29, 1.82) is 0 Å². The monoisotopic (exact) mass is 501 g/mol. The SMILES string of the molecule is C#Cc1ccc(C(C(=O)NCCCCC)N(CCO)C(=O)C(CC(C)C)NC(=O)OC(C)(C)C)cc1. The van der Waals surface area contributed by atoms with E-state index in [1.54, 1.807) is 45.0 Å². The van der Waals surface area contributed by atoms with Crippen LogP contribution in [0, 0.1) is 18.3 Å². The van der Waals surface area contributed by atoms with Crippen LogP contribution in [0.5, 0.6) is 0 Å². The molecule has 0 saturated carbocycles. The fraction of sp³-hybridized carbons (Fsp3) is 0.607. The van der Waals surface area contributed by atoms with E-state index >= 15 is 0 Å². The average molecular weight is 502 g/mol. The number of amides is 3. The van der Waals surface area contributed by atoms with Crippen LogP contribution in [0.3, 0.4) is 0 Å². The van der Waals surface area contributed by atoms with Gasteiger partial charge in [0.1, 0.15) is 17.7 Å². The van der Waals surface area contributed by atoms with Gasteiger partial charge in [-0.3, -0.25) is 9.59 Å². The first kappa shape index (κ1) is 31.0. The highest BCUT2D eigenvalue weighted by Gasteiger charge is 2.36. The Bertz CT molecular complexity index is 884. The van der Waals surface area contributed by atoms with Crippen molar-refractivity contribution in [3.63, 3.8) is 0 Å². The van der Waals surface area contributed by atoms with E-state index in [0.717, 1.165) is 19.3 Å². The number of carbonyl (C=O) groups is 3. The number of ether oxygens (including phenoxy) is 1. The first-order valence-corrected chi connectivity index (χ1v) is 12.7. The largest absolute Gasteiger partial charge is 0.444 e. The van der Waals surface area contributed by atoms with Crippen molar-refractivity contribution >= 4 is 17.9 Å². The number of aliphatic hydroxyl groups is 1. The normalized spacial score (nSPS) is 12.9. The minimum Gasteiger partial charge on any atom is -0.444 e. The lowest BCUT2D eigenvalue weighted by molar-refractivity contribution is -0.143. The lowest BCUT2D eigenvalue weighted by Crippen LogP contribution is -2.54. The van der Waals surface area contributed by atoms with Gasteiger partial charge in [-0.05, 0) is 57.2 Å². The maximum Gasteiger partial charge on any atom is 0.408 e. The van der Waals surface area contributed by atoms with E-state index in [1.807, 2.05) is 13.8 Å². The maximum absolute atomic E-state index is 13.8. The molecule has 36 heavy (non-hydrogen) atoms. The fourth-order valence-electron chi connectivity index (χ4n) is 3.73. The molecule has 0 spiro atoms. The van der Waals surface area contributed by atoms with Gasteiger partial charge in [0.05, 0.1) is 6.61 Å². The van der Waals surface area contributed by atoms with E-state index < -0.39 is 29.7 Å². The van der Waals surface area contributed by atoms with Gasteiger partial charge in [0.25, 0.3) is 0 Å². The number of terminal acetylenes is 1. The molecule has 0 saturated heterocycles. The highest BCUT2D eigenvalue weighted by molar-refractivity contribution is 5.92. The molecule has 2 atom stereocenters. The van der Waals surface area contributed by atoms with Crippen LogP contribution in [-0.2, 0) is 14.3 Å². The summed E-state index contributed by atoms with van der Waals surface area (Å²) in [4.78, 5) is 41.1. The third-order valence-electron chi connectivity index (χ3n) is 5.35. The maximum atomic E-state index is 13.8. The minimum absolute atomic E-state index is 0.0705. The molecule has 0 aliphatic heterocycles. The van der Waals surface area contributed by atoms with Crippen molar-refractivity contribution in [2.45, 2.75) is 84.9 Å². The molecule has 200 valence electrons. The first-order chi connectivity index (χ1) is 16.9. The molecule has 0 bridgehead atoms. The van der Waals surface area contributed by atoms with Gasteiger partial charge in [-0.2, -0.15) is 0 Å². The second-order valence-electron chi connectivity index (χ2n) is 10.3. The summed E-state index contributed by atoms with van der Waals surface area (Å²) >= 11 is 0. The third-order valence-corrected chi connectivity index (χ3v) is 5.35. The van der Waals surface area contributed by atoms with E-state index in [0.29, 0.717) is 24.1 Å². The van der Waals surface area contributed by atoms with Gasteiger partial charge in [-0.15, -0.1) is 6.42 Å². The number of hydrogen-bond acceptors (Lipinski definition) is 5. The van der Waals surface area contributed by atoms with Crippen molar-refractivity contribution in [1.82, 2.24) is 15.5 Å².